The fourth-order valence-corrected chi connectivity index (χ4v) is 3.99. The summed E-state index contributed by atoms with van der Waals surface area (Å²) in [5.74, 6) is 0.817. The molecule has 20 heavy (non-hydrogen) atoms. The summed E-state index contributed by atoms with van der Waals surface area (Å²) in [5, 5.41) is 0. The van der Waals surface area contributed by atoms with E-state index in [4.69, 9.17) is 10.5 Å². The van der Waals surface area contributed by atoms with Gasteiger partial charge in [-0.15, -0.1) is 0 Å². The lowest BCUT2D eigenvalue weighted by atomic mass is 9.69. The zero-order valence-electron chi connectivity index (χ0n) is 13.9. The summed E-state index contributed by atoms with van der Waals surface area (Å²) in [5.41, 5.74) is 6.85. The third kappa shape index (κ3) is 3.96. The molecule has 0 spiro atoms. The van der Waals surface area contributed by atoms with Gasteiger partial charge in [-0.05, 0) is 50.4 Å². The van der Waals surface area contributed by atoms with Gasteiger partial charge in [0.2, 0.25) is 0 Å². The highest BCUT2D eigenvalue weighted by atomic mass is 16.5. The maximum atomic E-state index is 6.44. The number of ether oxygens (including phenoxy) is 1. The fourth-order valence-electron chi connectivity index (χ4n) is 3.99. The SMILES string of the molecule is CCOC1CCN(C2CC(C(C)(C)C)CCC2N)CC1. The molecule has 0 aromatic heterocycles. The first-order valence-electron chi connectivity index (χ1n) is 8.53. The van der Waals surface area contributed by atoms with Gasteiger partial charge in [-0.25, -0.2) is 0 Å². The topological polar surface area (TPSA) is 38.5 Å². The van der Waals surface area contributed by atoms with Gasteiger partial charge in [0, 0.05) is 31.8 Å². The van der Waals surface area contributed by atoms with E-state index in [0.717, 1.165) is 12.5 Å². The first kappa shape index (κ1) is 16.3. The van der Waals surface area contributed by atoms with Crippen LogP contribution < -0.4 is 5.73 Å². The van der Waals surface area contributed by atoms with E-state index in [1.165, 1.54) is 45.2 Å². The summed E-state index contributed by atoms with van der Waals surface area (Å²) in [7, 11) is 0. The quantitative estimate of drug-likeness (QED) is 0.864. The minimum atomic E-state index is 0.372. The Kier molecular flexibility index (Phi) is 5.49. The molecular formula is C17H34N2O. The van der Waals surface area contributed by atoms with Crippen molar-refractivity contribution in [2.75, 3.05) is 19.7 Å². The average Bonchev–Trinajstić information content (AvgIpc) is 2.39. The van der Waals surface area contributed by atoms with Gasteiger partial charge in [-0.3, -0.25) is 4.90 Å². The molecule has 3 nitrogen and oxygen atoms in total. The monoisotopic (exact) mass is 282 g/mol. The van der Waals surface area contributed by atoms with Crippen molar-refractivity contribution >= 4 is 0 Å². The molecule has 0 radical (unpaired) electrons. The van der Waals surface area contributed by atoms with Crippen LogP contribution in [0.4, 0.5) is 0 Å². The highest BCUT2D eigenvalue weighted by Gasteiger charge is 2.38. The zero-order valence-corrected chi connectivity index (χ0v) is 13.9. The summed E-state index contributed by atoms with van der Waals surface area (Å²) in [6.45, 7) is 12.4. The van der Waals surface area contributed by atoms with E-state index in [2.05, 4.69) is 32.6 Å². The van der Waals surface area contributed by atoms with E-state index < -0.39 is 0 Å². The van der Waals surface area contributed by atoms with Crippen LogP contribution >= 0.6 is 0 Å². The number of likely N-dealkylation sites (tertiary alicyclic amines) is 1. The van der Waals surface area contributed by atoms with Gasteiger partial charge in [0.15, 0.2) is 0 Å². The molecule has 1 saturated heterocycles. The van der Waals surface area contributed by atoms with Gasteiger partial charge in [0.25, 0.3) is 0 Å². The van der Waals surface area contributed by atoms with E-state index >= 15 is 0 Å². The van der Waals surface area contributed by atoms with Crippen LogP contribution in [-0.2, 0) is 4.74 Å². The van der Waals surface area contributed by atoms with Crippen molar-refractivity contribution in [2.45, 2.75) is 78.0 Å². The molecule has 0 aromatic rings. The predicted octanol–water partition coefficient (Wildman–Crippen LogP) is 3.03. The Morgan fingerprint density at radius 1 is 1.10 bits per heavy atom. The van der Waals surface area contributed by atoms with E-state index in [0.29, 0.717) is 23.6 Å². The predicted molar refractivity (Wildman–Crippen MR) is 84.8 cm³/mol. The van der Waals surface area contributed by atoms with E-state index in [9.17, 15) is 0 Å². The molecule has 2 aliphatic rings. The van der Waals surface area contributed by atoms with Crippen molar-refractivity contribution in [3.05, 3.63) is 0 Å². The van der Waals surface area contributed by atoms with E-state index in [-0.39, 0.29) is 0 Å². The summed E-state index contributed by atoms with van der Waals surface area (Å²) in [4.78, 5) is 2.65. The minimum Gasteiger partial charge on any atom is -0.378 e. The van der Waals surface area contributed by atoms with Crippen molar-refractivity contribution < 1.29 is 4.74 Å². The van der Waals surface area contributed by atoms with Gasteiger partial charge in [0.05, 0.1) is 6.10 Å². The minimum absolute atomic E-state index is 0.372. The molecule has 1 aliphatic heterocycles. The average molecular weight is 282 g/mol. The normalized spacial score (nSPS) is 34.4. The Morgan fingerprint density at radius 2 is 1.75 bits per heavy atom. The number of piperidine rings is 1. The third-order valence-corrected chi connectivity index (χ3v) is 5.44. The Labute approximate surface area is 125 Å². The van der Waals surface area contributed by atoms with E-state index in [1.54, 1.807) is 0 Å². The first-order chi connectivity index (χ1) is 9.41. The molecule has 2 fully saturated rings. The second kappa shape index (κ2) is 6.76. The number of hydrogen-bond acceptors (Lipinski definition) is 3. The lowest BCUT2D eigenvalue weighted by molar-refractivity contribution is -0.0128. The molecule has 2 N–H and O–H groups in total. The summed E-state index contributed by atoms with van der Waals surface area (Å²) < 4.78 is 5.76. The van der Waals surface area contributed by atoms with Gasteiger partial charge in [-0.1, -0.05) is 20.8 Å². The van der Waals surface area contributed by atoms with Gasteiger partial charge in [-0.2, -0.15) is 0 Å². The van der Waals surface area contributed by atoms with Crippen LogP contribution in [0.2, 0.25) is 0 Å². The van der Waals surface area contributed by atoms with Gasteiger partial charge in [0.1, 0.15) is 0 Å². The van der Waals surface area contributed by atoms with Crippen LogP contribution in [0.15, 0.2) is 0 Å². The van der Waals surface area contributed by atoms with Crippen LogP contribution in [-0.4, -0.2) is 42.8 Å². The number of hydrogen-bond donors (Lipinski definition) is 1. The smallest absolute Gasteiger partial charge is 0.0599 e. The van der Waals surface area contributed by atoms with Gasteiger partial charge >= 0.3 is 0 Å². The Balaban J connectivity index is 1.90. The molecule has 1 saturated carbocycles. The highest BCUT2D eigenvalue weighted by molar-refractivity contribution is 4.94. The van der Waals surface area contributed by atoms with Crippen LogP contribution in [0.3, 0.4) is 0 Å². The lowest BCUT2D eigenvalue weighted by Gasteiger charge is -2.47. The summed E-state index contributed by atoms with van der Waals surface area (Å²) in [6, 6.07) is 0.966. The fraction of sp³-hybridized carbons (Fsp3) is 1.00. The molecule has 1 heterocycles. The molecule has 3 unspecified atom stereocenters. The Morgan fingerprint density at radius 3 is 2.30 bits per heavy atom. The summed E-state index contributed by atoms with van der Waals surface area (Å²) >= 11 is 0. The number of rotatable bonds is 3. The molecule has 0 bridgehead atoms. The van der Waals surface area contributed by atoms with Crippen molar-refractivity contribution in [1.82, 2.24) is 4.90 Å². The molecule has 0 amide bonds. The molecule has 118 valence electrons. The third-order valence-electron chi connectivity index (χ3n) is 5.44. The highest BCUT2D eigenvalue weighted by Crippen LogP contribution is 2.39. The zero-order chi connectivity index (χ0) is 14.8. The molecule has 0 aromatic carbocycles. The number of nitrogens with two attached hydrogens (primary N) is 1. The summed E-state index contributed by atoms with van der Waals surface area (Å²) in [6.07, 6.45) is 6.61. The second-order valence-corrected chi connectivity index (χ2v) is 7.80. The first-order valence-corrected chi connectivity index (χ1v) is 8.53. The van der Waals surface area contributed by atoms with E-state index in [1.807, 2.05) is 0 Å². The largest absolute Gasteiger partial charge is 0.378 e. The maximum absolute atomic E-state index is 6.44. The Bertz CT molecular complexity index is 292. The molecule has 3 atom stereocenters. The molecule has 3 heteroatoms. The van der Waals surface area contributed by atoms with Crippen LogP contribution in [0.25, 0.3) is 0 Å². The second-order valence-electron chi connectivity index (χ2n) is 7.80. The standard InChI is InChI=1S/C17H34N2O/c1-5-20-14-8-10-19(11-9-14)16-12-13(17(2,3)4)6-7-15(16)18/h13-16H,5-12,18H2,1-4H3. The van der Waals surface area contributed by atoms with Crippen molar-refractivity contribution in [1.29, 1.82) is 0 Å². The number of nitrogens with zero attached hydrogens (tertiary/aromatic N) is 1. The van der Waals surface area contributed by atoms with Crippen LogP contribution in [0, 0.1) is 11.3 Å². The maximum Gasteiger partial charge on any atom is 0.0599 e. The Hall–Kier alpha value is -0.120. The van der Waals surface area contributed by atoms with Crippen LogP contribution in [0.5, 0.6) is 0 Å². The molecular weight excluding hydrogens is 248 g/mol. The molecule has 1 aliphatic carbocycles. The molecule has 2 rings (SSSR count). The van der Waals surface area contributed by atoms with Crippen molar-refractivity contribution in [3.63, 3.8) is 0 Å². The lowest BCUT2D eigenvalue weighted by Crippen LogP contribution is -2.55. The van der Waals surface area contributed by atoms with Crippen LogP contribution in [0.1, 0.15) is 59.8 Å². The van der Waals surface area contributed by atoms with Crippen molar-refractivity contribution in [3.8, 4) is 0 Å². The van der Waals surface area contributed by atoms with Crippen molar-refractivity contribution in [2.24, 2.45) is 17.1 Å². The van der Waals surface area contributed by atoms with Gasteiger partial charge < -0.3 is 10.5 Å².